The summed E-state index contributed by atoms with van der Waals surface area (Å²) < 4.78 is 51.8. The van der Waals surface area contributed by atoms with E-state index in [1.54, 1.807) is 12.1 Å². The van der Waals surface area contributed by atoms with E-state index >= 15 is 0 Å². The third kappa shape index (κ3) is 12.6. The van der Waals surface area contributed by atoms with Crippen molar-refractivity contribution in [3.63, 3.8) is 0 Å². The van der Waals surface area contributed by atoms with Crippen LogP contribution < -0.4 is 0 Å². The van der Waals surface area contributed by atoms with E-state index in [2.05, 4.69) is 27.7 Å². The quantitative estimate of drug-likeness (QED) is 0.303. The maximum Gasteiger partial charge on any atom is 0.126 e. The van der Waals surface area contributed by atoms with E-state index in [0.29, 0.717) is 29.7 Å². The molecule has 4 heteroatoms. The van der Waals surface area contributed by atoms with Gasteiger partial charge in [0.15, 0.2) is 0 Å². The first kappa shape index (κ1) is 30.4. The fourth-order valence-corrected chi connectivity index (χ4v) is 3.50. The van der Waals surface area contributed by atoms with Gasteiger partial charge < -0.3 is 0 Å². The lowest BCUT2D eigenvalue weighted by Gasteiger charge is -2.06. The second-order valence-corrected chi connectivity index (χ2v) is 10.2. The number of benzene rings is 3. The summed E-state index contributed by atoms with van der Waals surface area (Å²) >= 11 is 0. The van der Waals surface area contributed by atoms with E-state index in [1.165, 1.54) is 18.2 Å². The summed E-state index contributed by atoms with van der Waals surface area (Å²) in [5.74, 6) is 0.553. The van der Waals surface area contributed by atoms with Crippen LogP contribution in [0, 0.1) is 47.9 Å². The lowest BCUT2D eigenvalue weighted by molar-refractivity contribution is 0.558. The van der Waals surface area contributed by atoms with Crippen molar-refractivity contribution in [2.75, 3.05) is 0 Å². The van der Waals surface area contributed by atoms with Crippen molar-refractivity contribution in [2.45, 2.75) is 67.7 Å². The average Bonchev–Trinajstić information content (AvgIpc) is 2.75. The first-order chi connectivity index (χ1) is 16.4. The summed E-state index contributed by atoms with van der Waals surface area (Å²) in [4.78, 5) is 0. The second kappa shape index (κ2) is 15.4. The Hall–Kier alpha value is -2.62. The molecule has 0 unspecified atom stereocenters. The van der Waals surface area contributed by atoms with Gasteiger partial charge in [0.2, 0.25) is 0 Å². The summed E-state index contributed by atoms with van der Waals surface area (Å²) in [5.41, 5.74) is 3.10. The van der Waals surface area contributed by atoms with E-state index < -0.39 is 0 Å². The van der Waals surface area contributed by atoms with Gasteiger partial charge in [0.05, 0.1) is 0 Å². The lowest BCUT2D eigenvalue weighted by atomic mass is 10.0. The zero-order chi connectivity index (χ0) is 26.5. The van der Waals surface area contributed by atoms with Gasteiger partial charge in [0.1, 0.15) is 23.3 Å². The van der Waals surface area contributed by atoms with Crippen molar-refractivity contribution in [1.82, 2.24) is 0 Å². The Morgan fingerprint density at radius 2 is 1.00 bits per heavy atom. The molecule has 3 aromatic rings. The van der Waals surface area contributed by atoms with Gasteiger partial charge in [0.25, 0.3) is 0 Å². The van der Waals surface area contributed by atoms with E-state index in [-0.39, 0.29) is 23.3 Å². The molecule has 0 radical (unpaired) electrons. The lowest BCUT2D eigenvalue weighted by Crippen LogP contribution is -1.97. The van der Waals surface area contributed by atoms with Crippen LogP contribution in [0.15, 0.2) is 60.7 Å². The minimum absolute atomic E-state index is 0.0660. The maximum absolute atomic E-state index is 13.2. The zero-order valence-electron chi connectivity index (χ0n) is 22.1. The molecule has 0 heterocycles. The minimum atomic E-state index is -0.368. The molecule has 0 saturated carbocycles. The number of hydrogen-bond donors (Lipinski definition) is 0. The van der Waals surface area contributed by atoms with Crippen LogP contribution in [-0.2, 0) is 19.3 Å². The molecule has 0 aliphatic heterocycles. The summed E-state index contributed by atoms with van der Waals surface area (Å²) in [6.07, 6.45) is 2.24. The van der Waals surface area contributed by atoms with Crippen molar-refractivity contribution in [3.8, 4) is 0 Å². The molecule has 0 aliphatic rings. The molecule has 0 nitrogen and oxygen atoms in total. The highest BCUT2D eigenvalue weighted by Crippen LogP contribution is 2.15. The number of rotatable bonds is 6. The van der Waals surface area contributed by atoms with E-state index in [9.17, 15) is 17.6 Å². The van der Waals surface area contributed by atoms with Gasteiger partial charge in [-0.25, -0.2) is 17.6 Å². The number of hydrogen-bond acceptors (Lipinski definition) is 0. The van der Waals surface area contributed by atoms with Crippen LogP contribution in [0.5, 0.6) is 0 Å². The van der Waals surface area contributed by atoms with Crippen molar-refractivity contribution in [1.29, 1.82) is 0 Å². The molecule has 0 fully saturated rings. The summed E-state index contributed by atoms with van der Waals surface area (Å²) in [6, 6.07) is 16.0. The molecule has 0 aliphatic carbocycles. The Bertz CT molecular complexity index is 1020. The van der Waals surface area contributed by atoms with Gasteiger partial charge in [-0.2, -0.15) is 0 Å². The summed E-state index contributed by atoms with van der Waals surface area (Å²) in [7, 11) is 0. The topological polar surface area (TPSA) is 0 Å². The van der Waals surface area contributed by atoms with Crippen molar-refractivity contribution < 1.29 is 17.6 Å². The first-order valence-electron chi connectivity index (χ1n) is 12.3. The zero-order valence-corrected chi connectivity index (χ0v) is 22.1. The van der Waals surface area contributed by atoms with Crippen molar-refractivity contribution >= 4 is 0 Å². The van der Waals surface area contributed by atoms with E-state index in [0.717, 1.165) is 35.6 Å². The number of halogens is 4. The summed E-state index contributed by atoms with van der Waals surface area (Å²) in [6.45, 7) is 14.2. The molecule has 0 bridgehead atoms. The van der Waals surface area contributed by atoms with Crippen LogP contribution in [0.4, 0.5) is 17.6 Å². The molecule has 192 valence electrons. The Labute approximate surface area is 209 Å². The molecule has 35 heavy (non-hydrogen) atoms. The molecular weight excluding hydrogens is 448 g/mol. The third-order valence-electron chi connectivity index (χ3n) is 5.06. The molecule has 0 N–H and O–H groups in total. The Balaban J connectivity index is 0.000000263. The summed E-state index contributed by atoms with van der Waals surface area (Å²) in [5, 5.41) is 0. The van der Waals surface area contributed by atoms with Gasteiger partial charge in [-0.15, -0.1) is 0 Å². The minimum Gasteiger partial charge on any atom is -0.207 e. The van der Waals surface area contributed by atoms with Crippen molar-refractivity contribution in [3.05, 3.63) is 106 Å². The van der Waals surface area contributed by atoms with Gasteiger partial charge in [-0.05, 0) is 96.5 Å². The van der Waals surface area contributed by atoms with Gasteiger partial charge >= 0.3 is 0 Å². The average molecular weight is 489 g/mol. The maximum atomic E-state index is 13.2. The Morgan fingerprint density at radius 3 is 1.51 bits per heavy atom. The SMILES string of the molecule is CC(C)Cc1cc(F)ccc1F.CC(C)Cc1ccccc1F.Cc1ccc(CC(C)C)c(F)c1. The van der Waals surface area contributed by atoms with Crippen LogP contribution in [0.3, 0.4) is 0 Å². The van der Waals surface area contributed by atoms with Crippen LogP contribution in [0.1, 0.15) is 63.8 Å². The fraction of sp³-hybridized carbons (Fsp3) is 0.419. The van der Waals surface area contributed by atoms with Gasteiger partial charge in [-0.1, -0.05) is 71.9 Å². The first-order valence-corrected chi connectivity index (χ1v) is 12.3. The third-order valence-corrected chi connectivity index (χ3v) is 5.06. The molecule has 3 rings (SSSR count). The molecule has 0 spiro atoms. The highest BCUT2D eigenvalue weighted by atomic mass is 19.1. The highest BCUT2D eigenvalue weighted by Gasteiger charge is 2.06. The molecule has 0 atom stereocenters. The highest BCUT2D eigenvalue weighted by molar-refractivity contribution is 5.23. The van der Waals surface area contributed by atoms with Crippen LogP contribution in [0.25, 0.3) is 0 Å². The van der Waals surface area contributed by atoms with Crippen LogP contribution in [-0.4, -0.2) is 0 Å². The molecule has 0 aromatic heterocycles. The van der Waals surface area contributed by atoms with E-state index in [4.69, 9.17) is 0 Å². The number of aryl methyl sites for hydroxylation is 1. The smallest absolute Gasteiger partial charge is 0.126 e. The second-order valence-electron chi connectivity index (χ2n) is 10.2. The van der Waals surface area contributed by atoms with Gasteiger partial charge in [-0.3, -0.25) is 0 Å². The van der Waals surface area contributed by atoms with Crippen LogP contribution >= 0.6 is 0 Å². The largest absolute Gasteiger partial charge is 0.207 e. The predicted molar refractivity (Wildman–Crippen MR) is 140 cm³/mol. The standard InChI is InChI=1S/C11H15F.C10H12F2.C10H13F/c1-8(2)6-10-5-4-9(3)7-11(10)12;1-7(2)5-8-6-9(11)3-4-10(8)12;1-8(2)7-9-5-3-4-6-10(9)11/h4-5,7-8H,6H2,1-3H3;3-4,6-7H,5H2,1-2H3;3-6,8H,7H2,1-2H3. The van der Waals surface area contributed by atoms with Crippen molar-refractivity contribution in [2.24, 2.45) is 17.8 Å². The van der Waals surface area contributed by atoms with Gasteiger partial charge in [0, 0.05) is 0 Å². The van der Waals surface area contributed by atoms with E-state index in [1.807, 2.05) is 45.0 Å². The predicted octanol–water partition coefficient (Wildman–Crippen LogP) is 9.52. The molecular formula is C31H40F4. The Kier molecular flexibility index (Phi) is 13.4. The Morgan fingerprint density at radius 1 is 0.514 bits per heavy atom. The van der Waals surface area contributed by atoms with Crippen LogP contribution in [0.2, 0.25) is 0 Å². The molecule has 0 saturated heterocycles. The normalized spacial score (nSPS) is 10.7. The fourth-order valence-electron chi connectivity index (χ4n) is 3.50. The molecule has 3 aromatic carbocycles. The monoisotopic (exact) mass is 488 g/mol. The molecule has 0 amide bonds.